The van der Waals surface area contributed by atoms with Crippen molar-refractivity contribution in [1.29, 1.82) is 0 Å². The minimum absolute atomic E-state index is 0.0823. The number of ether oxygens (including phenoxy) is 1. The summed E-state index contributed by atoms with van der Waals surface area (Å²) in [4.78, 5) is 31.9. The summed E-state index contributed by atoms with van der Waals surface area (Å²) in [7, 11) is 0. The van der Waals surface area contributed by atoms with Gasteiger partial charge in [-0.1, -0.05) is 29.3 Å². The zero-order valence-corrected chi connectivity index (χ0v) is 19.4. The molecule has 1 amide bonds. The van der Waals surface area contributed by atoms with Crippen molar-refractivity contribution in [2.45, 2.75) is 19.9 Å². The van der Waals surface area contributed by atoms with Crippen molar-refractivity contribution < 1.29 is 19.4 Å². The van der Waals surface area contributed by atoms with Gasteiger partial charge in [-0.2, -0.15) is 0 Å². The fourth-order valence-corrected chi connectivity index (χ4v) is 4.25. The number of carbonyl (C=O) groups is 2. The summed E-state index contributed by atoms with van der Waals surface area (Å²) in [5.41, 5.74) is 1.93. The Morgan fingerprint density at radius 3 is 2.52 bits per heavy atom. The lowest BCUT2D eigenvalue weighted by Gasteiger charge is -2.27. The highest BCUT2D eigenvalue weighted by Gasteiger charge is 2.47. The van der Waals surface area contributed by atoms with Crippen LogP contribution in [-0.4, -0.2) is 28.4 Å². The van der Waals surface area contributed by atoms with Gasteiger partial charge in [0.1, 0.15) is 11.5 Å². The number of hydrogen-bond acceptors (Lipinski definition) is 5. The molecule has 1 aliphatic rings. The summed E-state index contributed by atoms with van der Waals surface area (Å²) < 4.78 is 5.52. The molecule has 1 N–H and O–H groups in total. The van der Waals surface area contributed by atoms with E-state index in [0.717, 1.165) is 5.56 Å². The molecule has 1 saturated heterocycles. The second-order valence-corrected chi connectivity index (χ2v) is 8.30. The van der Waals surface area contributed by atoms with Gasteiger partial charge in [-0.3, -0.25) is 19.5 Å². The van der Waals surface area contributed by atoms with E-state index in [4.69, 9.17) is 27.9 Å². The van der Waals surface area contributed by atoms with E-state index < -0.39 is 17.7 Å². The summed E-state index contributed by atoms with van der Waals surface area (Å²) in [5, 5.41) is 11.9. The molecule has 4 rings (SSSR count). The van der Waals surface area contributed by atoms with E-state index in [0.29, 0.717) is 28.6 Å². The predicted molar refractivity (Wildman–Crippen MR) is 128 cm³/mol. The molecule has 2 aromatic carbocycles. The largest absolute Gasteiger partial charge is 0.507 e. The molecule has 0 radical (unpaired) electrons. The maximum absolute atomic E-state index is 13.3. The summed E-state index contributed by atoms with van der Waals surface area (Å²) in [5.74, 6) is -1.51. The van der Waals surface area contributed by atoms with Crippen LogP contribution in [0.3, 0.4) is 0 Å². The molecule has 0 bridgehead atoms. The summed E-state index contributed by atoms with van der Waals surface area (Å²) in [6, 6.07) is 12.3. The Morgan fingerprint density at radius 2 is 1.82 bits per heavy atom. The SMILES string of the molecule is CCOc1ccc(Cl)c(/C(O)=C2\C(=O)C(=O)N(c3cc(Cl)ccc3C)C2c2ccncc2)c1. The number of benzene rings is 2. The Kier molecular flexibility index (Phi) is 6.40. The Bertz CT molecular complexity index is 1270. The van der Waals surface area contributed by atoms with Crippen molar-refractivity contribution in [3.05, 3.63) is 93.2 Å². The average molecular weight is 483 g/mol. The van der Waals surface area contributed by atoms with E-state index in [-0.39, 0.29) is 21.9 Å². The third kappa shape index (κ3) is 4.19. The van der Waals surface area contributed by atoms with Gasteiger partial charge in [0.25, 0.3) is 11.7 Å². The minimum atomic E-state index is -0.906. The number of pyridine rings is 1. The van der Waals surface area contributed by atoms with Crippen LogP contribution in [0.25, 0.3) is 5.76 Å². The number of anilines is 1. The van der Waals surface area contributed by atoms with Crippen molar-refractivity contribution in [3.8, 4) is 5.75 Å². The molecule has 1 aromatic heterocycles. The average Bonchev–Trinajstić information content (AvgIpc) is 3.07. The molecule has 168 valence electrons. The van der Waals surface area contributed by atoms with Gasteiger partial charge in [-0.25, -0.2) is 0 Å². The number of Topliss-reactive ketones (excluding diaryl/α,β-unsaturated/α-hetero) is 1. The van der Waals surface area contributed by atoms with Gasteiger partial charge in [0.2, 0.25) is 0 Å². The number of aromatic nitrogens is 1. The van der Waals surface area contributed by atoms with Gasteiger partial charge in [-0.05, 0) is 67.4 Å². The molecule has 0 saturated carbocycles. The number of hydrogen-bond donors (Lipinski definition) is 1. The van der Waals surface area contributed by atoms with Gasteiger partial charge in [0.15, 0.2) is 0 Å². The normalized spacial score (nSPS) is 17.5. The summed E-state index contributed by atoms with van der Waals surface area (Å²) >= 11 is 12.6. The first-order valence-electron chi connectivity index (χ1n) is 10.2. The van der Waals surface area contributed by atoms with Crippen LogP contribution >= 0.6 is 23.2 Å². The molecular formula is C25H20Cl2N2O4. The molecule has 8 heteroatoms. The zero-order valence-electron chi connectivity index (χ0n) is 17.9. The first kappa shape index (κ1) is 22.8. The van der Waals surface area contributed by atoms with Gasteiger partial charge >= 0.3 is 0 Å². The first-order chi connectivity index (χ1) is 15.8. The van der Waals surface area contributed by atoms with Crippen LogP contribution in [0.4, 0.5) is 5.69 Å². The third-order valence-corrected chi connectivity index (χ3v) is 5.97. The first-order valence-corrected chi connectivity index (χ1v) is 11.0. The minimum Gasteiger partial charge on any atom is -0.507 e. The fourth-order valence-electron chi connectivity index (χ4n) is 3.87. The van der Waals surface area contributed by atoms with Crippen LogP contribution in [0.15, 0.2) is 66.5 Å². The predicted octanol–water partition coefficient (Wildman–Crippen LogP) is 5.72. The lowest BCUT2D eigenvalue weighted by atomic mass is 9.95. The standard InChI is InChI=1S/C25H20Cl2N2O4/c1-3-33-17-6-7-19(27)18(13-17)23(30)21-22(15-8-10-28-11-9-15)29(25(32)24(21)31)20-12-16(26)5-4-14(20)2/h4-13,22,30H,3H2,1-2H3/b23-21+. The maximum Gasteiger partial charge on any atom is 0.300 e. The van der Waals surface area contributed by atoms with E-state index in [9.17, 15) is 14.7 Å². The smallest absolute Gasteiger partial charge is 0.300 e. The Morgan fingerprint density at radius 1 is 1.09 bits per heavy atom. The number of aliphatic hydroxyl groups is 1. The third-order valence-electron chi connectivity index (χ3n) is 5.40. The highest BCUT2D eigenvalue weighted by atomic mass is 35.5. The van der Waals surface area contributed by atoms with E-state index >= 15 is 0 Å². The van der Waals surface area contributed by atoms with Gasteiger partial charge in [-0.15, -0.1) is 0 Å². The zero-order chi connectivity index (χ0) is 23.7. The molecule has 1 unspecified atom stereocenters. The van der Waals surface area contributed by atoms with Crippen LogP contribution < -0.4 is 9.64 Å². The molecular weight excluding hydrogens is 463 g/mol. The van der Waals surface area contributed by atoms with Crippen molar-refractivity contribution in [1.82, 2.24) is 4.98 Å². The van der Waals surface area contributed by atoms with Gasteiger partial charge in [0.05, 0.1) is 23.2 Å². The van der Waals surface area contributed by atoms with Crippen molar-refractivity contribution in [2.24, 2.45) is 0 Å². The maximum atomic E-state index is 13.3. The number of amides is 1. The second-order valence-electron chi connectivity index (χ2n) is 7.46. The van der Waals surface area contributed by atoms with Crippen LogP contribution in [0.2, 0.25) is 10.0 Å². The van der Waals surface area contributed by atoms with Crippen molar-refractivity contribution in [3.63, 3.8) is 0 Å². The van der Waals surface area contributed by atoms with Crippen molar-refractivity contribution >= 4 is 46.3 Å². The molecule has 1 fully saturated rings. The van der Waals surface area contributed by atoms with Crippen molar-refractivity contribution in [2.75, 3.05) is 11.5 Å². The molecule has 1 atom stereocenters. The molecule has 2 heterocycles. The van der Waals surface area contributed by atoms with Crippen LogP contribution in [0.5, 0.6) is 5.75 Å². The van der Waals surface area contributed by atoms with Crippen LogP contribution in [-0.2, 0) is 9.59 Å². The number of ketones is 1. The van der Waals surface area contributed by atoms with E-state index in [1.165, 1.54) is 4.90 Å². The number of aryl methyl sites for hydroxylation is 1. The quantitative estimate of drug-likeness (QED) is 0.285. The number of halogens is 2. The number of carbonyl (C=O) groups excluding carboxylic acids is 2. The van der Waals surface area contributed by atoms with E-state index in [2.05, 4.69) is 4.98 Å². The molecule has 33 heavy (non-hydrogen) atoms. The lowest BCUT2D eigenvalue weighted by Crippen LogP contribution is -2.30. The molecule has 1 aliphatic heterocycles. The Balaban J connectivity index is 1.98. The van der Waals surface area contributed by atoms with Crippen LogP contribution in [0, 0.1) is 6.92 Å². The Hall–Kier alpha value is -3.35. The number of rotatable bonds is 5. The van der Waals surface area contributed by atoms with Gasteiger partial charge < -0.3 is 9.84 Å². The molecule has 0 spiro atoms. The number of aliphatic hydroxyl groups excluding tert-OH is 1. The van der Waals surface area contributed by atoms with E-state index in [1.54, 1.807) is 60.9 Å². The molecule has 6 nitrogen and oxygen atoms in total. The monoisotopic (exact) mass is 482 g/mol. The summed E-state index contributed by atoms with van der Waals surface area (Å²) in [6.07, 6.45) is 3.12. The second kappa shape index (κ2) is 9.25. The van der Waals surface area contributed by atoms with Gasteiger partial charge in [0, 0.05) is 28.7 Å². The number of nitrogens with zero attached hydrogens (tertiary/aromatic N) is 2. The highest BCUT2D eigenvalue weighted by molar-refractivity contribution is 6.52. The fraction of sp³-hybridized carbons (Fsp3) is 0.160. The van der Waals surface area contributed by atoms with Crippen LogP contribution in [0.1, 0.15) is 29.7 Å². The Labute approximate surface area is 201 Å². The topological polar surface area (TPSA) is 79.7 Å². The molecule has 0 aliphatic carbocycles. The lowest BCUT2D eigenvalue weighted by molar-refractivity contribution is -0.132. The molecule has 3 aromatic rings. The summed E-state index contributed by atoms with van der Waals surface area (Å²) in [6.45, 7) is 4.06. The highest BCUT2D eigenvalue weighted by Crippen LogP contribution is 2.44. The van der Waals surface area contributed by atoms with E-state index in [1.807, 2.05) is 13.8 Å².